The molecule has 0 aromatic rings. The Labute approximate surface area is 196 Å². The molecular formula is C21H42NNaO4S. The molecule has 5 nitrogen and oxygen atoms in total. The first-order valence-electron chi connectivity index (χ1n) is 10.6. The minimum Gasteiger partial charge on any atom is -0.542 e. The predicted octanol–water partition coefficient (Wildman–Crippen LogP) is 2.36. The predicted molar refractivity (Wildman–Crippen MR) is 115 cm³/mol. The minimum atomic E-state index is -3.80. The van der Waals surface area contributed by atoms with Crippen LogP contribution in [0.25, 0.3) is 0 Å². The number of hydrogen-bond acceptors (Lipinski definition) is 4. The molecule has 0 rings (SSSR count). The maximum atomic E-state index is 10.0. The van der Waals surface area contributed by atoms with Gasteiger partial charge in [0.25, 0.3) is 10.1 Å². The van der Waals surface area contributed by atoms with Crippen LogP contribution in [-0.2, 0) is 14.9 Å². The molecule has 0 radical (unpaired) electrons. The normalized spacial score (nSPS) is 11.0. The molecule has 0 aliphatic carbocycles. The fourth-order valence-corrected chi connectivity index (χ4v) is 2.89. The number of carbonyl (C=O) groups excluding carboxylic acids is 1. The van der Waals surface area contributed by atoms with Gasteiger partial charge in [-0.15, -0.1) is 0 Å². The second kappa shape index (κ2) is 27.3. The van der Waals surface area contributed by atoms with Crippen LogP contribution in [0.4, 0.5) is 0 Å². The Hall–Kier alpha value is 0.280. The van der Waals surface area contributed by atoms with Gasteiger partial charge in [-0.2, -0.15) is 14.8 Å². The number of unbranched alkanes of at least 4 members (excludes halogenated alkanes) is 13. The zero-order valence-corrected chi connectivity index (χ0v) is 21.1. The number of hydrogen-bond donors (Lipinski definition) is 2. The standard InChI is InChI=1S/C19H35O.C2H7NO3S.Na/c1-2-3-4-5-6-7-8-9-10-11-12-13-14-15-16-17-18-19-20;3-1-2-7(4,5)6;/h10-11H,2-9,12-18H2,1H3;1-3H2,(H,4,5,6);/q-1;;+1/b11-10-;;. The van der Waals surface area contributed by atoms with Gasteiger partial charge in [-0.3, -0.25) is 10.8 Å². The number of rotatable bonds is 18. The van der Waals surface area contributed by atoms with E-state index in [1.54, 1.807) is 0 Å². The maximum absolute atomic E-state index is 10.0. The molecule has 0 atom stereocenters. The van der Waals surface area contributed by atoms with Crippen molar-refractivity contribution in [2.75, 3.05) is 12.3 Å². The molecule has 7 heteroatoms. The average molecular weight is 428 g/mol. The van der Waals surface area contributed by atoms with E-state index in [0.29, 0.717) is 6.42 Å². The van der Waals surface area contributed by atoms with Crippen molar-refractivity contribution in [2.24, 2.45) is 5.73 Å². The second-order valence-corrected chi connectivity index (χ2v) is 8.48. The summed E-state index contributed by atoms with van der Waals surface area (Å²) in [6, 6.07) is 0. The molecule has 0 saturated carbocycles. The molecular weight excluding hydrogens is 385 g/mol. The van der Waals surface area contributed by atoms with E-state index in [0.717, 1.165) is 6.42 Å². The summed E-state index contributed by atoms with van der Waals surface area (Å²) in [5, 5.41) is 0. The quantitative estimate of drug-likeness (QED) is 0.115. The van der Waals surface area contributed by atoms with Crippen molar-refractivity contribution >= 4 is 16.4 Å². The summed E-state index contributed by atoms with van der Waals surface area (Å²) in [4.78, 5) is 10.0. The molecule has 162 valence electrons. The van der Waals surface area contributed by atoms with Crippen molar-refractivity contribution in [3.8, 4) is 0 Å². The topological polar surface area (TPSA) is 97.5 Å². The Balaban J connectivity index is -0.000000665. The van der Waals surface area contributed by atoms with Gasteiger partial charge in [0.1, 0.15) is 0 Å². The molecule has 0 aliphatic rings. The molecule has 0 unspecified atom stereocenters. The van der Waals surface area contributed by atoms with Crippen molar-refractivity contribution in [2.45, 2.75) is 103 Å². The molecule has 0 aromatic heterocycles. The van der Waals surface area contributed by atoms with Crippen LogP contribution in [0.15, 0.2) is 12.2 Å². The van der Waals surface area contributed by atoms with Gasteiger partial charge in [-0.25, -0.2) is 0 Å². The number of allylic oxidation sites excluding steroid dienone is 2. The molecule has 0 aromatic carbocycles. The van der Waals surface area contributed by atoms with Gasteiger partial charge in [0.15, 0.2) is 0 Å². The molecule has 0 spiro atoms. The Bertz CT molecular complexity index is 428. The van der Waals surface area contributed by atoms with Crippen molar-refractivity contribution in [1.82, 2.24) is 0 Å². The first kappa shape index (κ1) is 32.9. The van der Waals surface area contributed by atoms with Gasteiger partial charge < -0.3 is 10.5 Å². The molecule has 0 fully saturated rings. The van der Waals surface area contributed by atoms with E-state index in [1.807, 2.05) is 6.29 Å². The summed E-state index contributed by atoms with van der Waals surface area (Å²) in [7, 11) is -3.80. The summed E-state index contributed by atoms with van der Waals surface area (Å²) in [6.07, 6.45) is 25.7. The Morgan fingerprint density at radius 2 is 1.25 bits per heavy atom. The van der Waals surface area contributed by atoms with Crippen LogP contribution in [0.3, 0.4) is 0 Å². The van der Waals surface area contributed by atoms with Crippen LogP contribution >= 0.6 is 0 Å². The van der Waals surface area contributed by atoms with Gasteiger partial charge in [0.2, 0.25) is 0 Å². The first-order valence-corrected chi connectivity index (χ1v) is 12.2. The third-order valence-corrected chi connectivity index (χ3v) is 4.92. The summed E-state index contributed by atoms with van der Waals surface area (Å²) >= 11 is 0. The molecule has 0 heterocycles. The van der Waals surface area contributed by atoms with Gasteiger partial charge in [-0.05, 0) is 25.7 Å². The zero-order chi connectivity index (χ0) is 20.6. The van der Waals surface area contributed by atoms with Crippen LogP contribution in [0.2, 0.25) is 0 Å². The van der Waals surface area contributed by atoms with Crippen molar-refractivity contribution < 1.29 is 47.3 Å². The van der Waals surface area contributed by atoms with Crippen LogP contribution in [0.1, 0.15) is 103 Å². The third kappa shape index (κ3) is 37.1. The van der Waals surface area contributed by atoms with Gasteiger partial charge in [0, 0.05) is 6.54 Å². The fourth-order valence-electron chi connectivity index (χ4n) is 2.59. The van der Waals surface area contributed by atoms with Crippen LogP contribution in [0.5, 0.6) is 0 Å². The molecule has 0 saturated heterocycles. The van der Waals surface area contributed by atoms with Gasteiger partial charge in [0.05, 0.1) is 5.75 Å². The Morgan fingerprint density at radius 3 is 1.61 bits per heavy atom. The Kier molecular flexibility index (Phi) is 32.1. The van der Waals surface area contributed by atoms with Crippen LogP contribution < -0.4 is 35.3 Å². The molecule has 28 heavy (non-hydrogen) atoms. The van der Waals surface area contributed by atoms with Crippen molar-refractivity contribution in [3.63, 3.8) is 0 Å². The molecule has 0 aliphatic heterocycles. The summed E-state index contributed by atoms with van der Waals surface area (Å²) in [5.41, 5.74) is 4.78. The van der Waals surface area contributed by atoms with E-state index in [2.05, 4.69) is 19.1 Å². The van der Waals surface area contributed by atoms with E-state index in [1.165, 1.54) is 83.5 Å². The average Bonchev–Trinajstić information content (AvgIpc) is 2.61. The van der Waals surface area contributed by atoms with E-state index in [4.69, 9.17) is 10.3 Å². The van der Waals surface area contributed by atoms with Gasteiger partial charge in [-0.1, -0.05) is 83.3 Å². The van der Waals surface area contributed by atoms with Crippen LogP contribution in [-0.4, -0.2) is 31.6 Å². The third-order valence-electron chi connectivity index (χ3n) is 4.17. The SMILES string of the molecule is CCCCCCCCC/C=C\CCCCCCC[C-]=O.NCCS(=O)(=O)O.[Na+]. The zero-order valence-electron chi connectivity index (χ0n) is 18.3. The second-order valence-electron chi connectivity index (χ2n) is 6.91. The molecule has 0 amide bonds. The Morgan fingerprint density at radius 1 is 0.821 bits per heavy atom. The summed E-state index contributed by atoms with van der Waals surface area (Å²) in [6.45, 7) is 2.24. The van der Waals surface area contributed by atoms with E-state index in [-0.39, 0.29) is 41.9 Å². The maximum Gasteiger partial charge on any atom is 1.00 e. The summed E-state index contributed by atoms with van der Waals surface area (Å²) < 4.78 is 27.3. The smallest absolute Gasteiger partial charge is 0.542 e. The van der Waals surface area contributed by atoms with E-state index >= 15 is 0 Å². The van der Waals surface area contributed by atoms with E-state index in [9.17, 15) is 13.2 Å². The minimum absolute atomic E-state index is 0. The van der Waals surface area contributed by atoms with Gasteiger partial charge >= 0.3 is 29.6 Å². The molecule has 0 bridgehead atoms. The monoisotopic (exact) mass is 427 g/mol. The fraction of sp³-hybridized carbons (Fsp3) is 0.857. The largest absolute Gasteiger partial charge is 1.00 e. The first-order chi connectivity index (χ1) is 13.0. The summed E-state index contributed by atoms with van der Waals surface area (Å²) in [5.74, 6) is -0.354. The van der Waals surface area contributed by atoms with Crippen molar-refractivity contribution in [1.29, 1.82) is 0 Å². The number of nitrogens with two attached hydrogens (primary N) is 1. The van der Waals surface area contributed by atoms with Crippen molar-refractivity contribution in [3.05, 3.63) is 12.2 Å². The molecule has 3 N–H and O–H groups in total. The van der Waals surface area contributed by atoms with E-state index < -0.39 is 10.1 Å². The van der Waals surface area contributed by atoms with Crippen LogP contribution in [0, 0.1) is 0 Å².